The molecule has 0 atom stereocenters. The van der Waals surface area contributed by atoms with E-state index in [1.54, 1.807) is 11.3 Å². The van der Waals surface area contributed by atoms with Crippen LogP contribution in [0.1, 0.15) is 18.1 Å². The van der Waals surface area contributed by atoms with E-state index in [0.29, 0.717) is 0 Å². The minimum absolute atomic E-state index is 0.784. The van der Waals surface area contributed by atoms with Crippen LogP contribution in [0.15, 0.2) is 35.3 Å². The van der Waals surface area contributed by atoms with E-state index in [0.717, 1.165) is 30.7 Å². The molecule has 1 N–H and O–H groups in total. The lowest BCUT2D eigenvalue weighted by Crippen LogP contribution is -2.11. The first-order valence-corrected chi connectivity index (χ1v) is 7.33. The summed E-state index contributed by atoms with van der Waals surface area (Å²) < 4.78 is 1.95. The molecule has 3 aromatic rings. The number of hydrogen-bond acceptors (Lipinski definition) is 4. The van der Waals surface area contributed by atoms with E-state index in [2.05, 4.69) is 45.2 Å². The van der Waals surface area contributed by atoms with Crippen molar-refractivity contribution in [2.45, 2.75) is 20.0 Å². The van der Waals surface area contributed by atoms with Crippen LogP contribution in [0.5, 0.6) is 0 Å². The molecule has 0 aliphatic rings. The van der Waals surface area contributed by atoms with Gasteiger partial charge in [0.2, 0.25) is 0 Å². The fourth-order valence-corrected chi connectivity index (χ4v) is 2.71. The predicted molar refractivity (Wildman–Crippen MR) is 78.3 cm³/mol. The second-order valence-electron chi connectivity index (χ2n) is 4.47. The van der Waals surface area contributed by atoms with Crippen molar-refractivity contribution in [1.29, 1.82) is 0 Å². The Kier molecular flexibility index (Phi) is 3.57. The molecule has 3 aromatic heterocycles. The van der Waals surface area contributed by atoms with Crippen LogP contribution in [0.4, 0.5) is 0 Å². The van der Waals surface area contributed by atoms with Crippen LogP contribution < -0.4 is 5.32 Å². The number of nitrogens with one attached hydrogen (secondary N) is 1. The quantitative estimate of drug-likeness (QED) is 0.776. The van der Waals surface area contributed by atoms with Crippen molar-refractivity contribution in [1.82, 2.24) is 20.1 Å². The molecule has 4 nitrogen and oxygen atoms in total. The number of aromatic nitrogens is 3. The smallest absolute Gasteiger partial charge is 0.158 e. The summed E-state index contributed by atoms with van der Waals surface area (Å²) in [6.07, 6.45) is 3.82. The summed E-state index contributed by atoms with van der Waals surface area (Å²) in [4.78, 5) is 4.54. The number of pyridine rings is 1. The van der Waals surface area contributed by atoms with Gasteiger partial charge in [0.1, 0.15) is 0 Å². The average Bonchev–Trinajstić information content (AvgIpc) is 3.07. The molecule has 0 aliphatic heterocycles. The summed E-state index contributed by atoms with van der Waals surface area (Å²) in [6, 6.07) is 4.28. The molecule has 5 heteroatoms. The van der Waals surface area contributed by atoms with Crippen molar-refractivity contribution < 1.29 is 0 Å². The second-order valence-corrected chi connectivity index (χ2v) is 5.25. The Morgan fingerprint density at radius 1 is 1.32 bits per heavy atom. The van der Waals surface area contributed by atoms with Gasteiger partial charge in [0.15, 0.2) is 5.65 Å². The van der Waals surface area contributed by atoms with Crippen molar-refractivity contribution in [3.8, 4) is 0 Å². The molecule has 19 heavy (non-hydrogen) atoms. The molecule has 98 valence electrons. The van der Waals surface area contributed by atoms with Gasteiger partial charge in [0, 0.05) is 18.1 Å². The zero-order valence-electron chi connectivity index (χ0n) is 10.8. The van der Waals surface area contributed by atoms with Crippen LogP contribution in [0, 0.1) is 0 Å². The number of hydrogen-bond donors (Lipinski definition) is 1. The van der Waals surface area contributed by atoms with E-state index in [9.17, 15) is 0 Å². The molecule has 0 fully saturated rings. The van der Waals surface area contributed by atoms with Crippen molar-refractivity contribution in [2.75, 3.05) is 6.54 Å². The van der Waals surface area contributed by atoms with Gasteiger partial charge in [-0.15, -0.1) is 0 Å². The number of rotatable bonds is 5. The van der Waals surface area contributed by atoms with E-state index in [1.807, 2.05) is 17.1 Å². The summed E-state index contributed by atoms with van der Waals surface area (Å²) in [6.45, 7) is 4.71. The van der Waals surface area contributed by atoms with Crippen LogP contribution in [0.2, 0.25) is 0 Å². The third-order valence-electron chi connectivity index (χ3n) is 3.02. The Bertz CT molecular complexity index is 657. The van der Waals surface area contributed by atoms with E-state index in [-0.39, 0.29) is 0 Å². The molecule has 0 saturated carbocycles. The van der Waals surface area contributed by atoms with E-state index in [4.69, 9.17) is 0 Å². The zero-order chi connectivity index (χ0) is 13.1. The van der Waals surface area contributed by atoms with E-state index >= 15 is 0 Å². The highest BCUT2D eigenvalue weighted by Gasteiger charge is 2.06. The molecular weight excluding hydrogens is 256 g/mol. The van der Waals surface area contributed by atoms with Gasteiger partial charge in [-0.3, -0.25) is 0 Å². The normalized spacial score (nSPS) is 11.2. The Hall–Kier alpha value is -1.72. The fourth-order valence-electron chi connectivity index (χ4n) is 2.05. The van der Waals surface area contributed by atoms with Gasteiger partial charge in [-0.1, -0.05) is 6.92 Å². The van der Waals surface area contributed by atoms with Crippen LogP contribution in [0.3, 0.4) is 0 Å². The first-order chi connectivity index (χ1) is 9.36. The molecule has 3 heterocycles. The zero-order valence-corrected chi connectivity index (χ0v) is 11.7. The van der Waals surface area contributed by atoms with E-state index in [1.165, 1.54) is 11.1 Å². The monoisotopic (exact) mass is 272 g/mol. The predicted octanol–water partition coefficient (Wildman–Crippen LogP) is 2.65. The van der Waals surface area contributed by atoms with Crippen molar-refractivity contribution in [2.24, 2.45) is 0 Å². The highest BCUT2D eigenvalue weighted by Crippen LogP contribution is 2.15. The topological polar surface area (TPSA) is 42.7 Å². The largest absolute Gasteiger partial charge is 0.313 e. The molecule has 0 aromatic carbocycles. The second kappa shape index (κ2) is 5.50. The first kappa shape index (κ1) is 12.3. The van der Waals surface area contributed by atoms with Gasteiger partial charge >= 0.3 is 0 Å². The summed E-state index contributed by atoms with van der Waals surface area (Å²) >= 11 is 1.71. The van der Waals surface area contributed by atoms with Crippen LogP contribution in [-0.4, -0.2) is 21.3 Å². The average molecular weight is 272 g/mol. The van der Waals surface area contributed by atoms with Crippen molar-refractivity contribution >= 4 is 22.4 Å². The van der Waals surface area contributed by atoms with Gasteiger partial charge in [0.05, 0.1) is 12.7 Å². The number of nitrogens with zero attached hydrogens (tertiary/aromatic N) is 3. The Morgan fingerprint density at radius 3 is 3.05 bits per heavy atom. The summed E-state index contributed by atoms with van der Waals surface area (Å²) in [7, 11) is 0. The molecular formula is C14H16N4S. The Labute approximate surface area is 116 Å². The lowest BCUT2D eigenvalue weighted by Gasteiger charge is -2.03. The highest BCUT2D eigenvalue weighted by molar-refractivity contribution is 7.07. The van der Waals surface area contributed by atoms with Gasteiger partial charge < -0.3 is 5.32 Å². The molecule has 0 saturated heterocycles. The SMILES string of the molecule is CCNCc1cnc2c(cnn2Cc2ccsc2)c1. The van der Waals surface area contributed by atoms with Crippen LogP contribution in [-0.2, 0) is 13.1 Å². The molecule has 0 bridgehead atoms. The summed E-state index contributed by atoms with van der Waals surface area (Å²) in [5.74, 6) is 0. The number of thiophene rings is 1. The third kappa shape index (κ3) is 2.67. The standard InChI is InChI=1S/C14H16N4S/c1-2-15-6-12-5-13-8-17-18(14(13)16-7-12)9-11-3-4-19-10-11/h3-5,7-8,10,15H,2,6,9H2,1H3. The Morgan fingerprint density at radius 2 is 2.26 bits per heavy atom. The lowest BCUT2D eigenvalue weighted by molar-refractivity contribution is 0.703. The molecule has 3 rings (SSSR count). The molecule has 0 unspecified atom stereocenters. The Balaban J connectivity index is 1.87. The van der Waals surface area contributed by atoms with Crippen molar-refractivity contribution in [3.05, 3.63) is 46.4 Å². The maximum Gasteiger partial charge on any atom is 0.158 e. The summed E-state index contributed by atoms with van der Waals surface area (Å²) in [5, 5.41) is 13.1. The number of fused-ring (bicyclic) bond motifs is 1. The maximum absolute atomic E-state index is 4.54. The highest BCUT2D eigenvalue weighted by atomic mass is 32.1. The minimum Gasteiger partial charge on any atom is -0.313 e. The fraction of sp³-hybridized carbons (Fsp3) is 0.286. The van der Waals surface area contributed by atoms with Crippen molar-refractivity contribution in [3.63, 3.8) is 0 Å². The lowest BCUT2D eigenvalue weighted by atomic mass is 10.2. The summed E-state index contributed by atoms with van der Waals surface area (Å²) in [5.41, 5.74) is 3.42. The van der Waals surface area contributed by atoms with Crippen LogP contribution >= 0.6 is 11.3 Å². The molecule has 0 radical (unpaired) electrons. The van der Waals surface area contributed by atoms with E-state index < -0.39 is 0 Å². The molecule has 0 spiro atoms. The molecule has 0 aliphatic carbocycles. The first-order valence-electron chi connectivity index (χ1n) is 6.39. The van der Waals surface area contributed by atoms with Crippen LogP contribution in [0.25, 0.3) is 11.0 Å². The van der Waals surface area contributed by atoms with Gasteiger partial charge in [-0.2, -0.15) is 16.4 Å². The van der Waals surface area contributed by atoms with Gasteiger partial charge in [0.25, 0.3) is 0 Å². The van der Waals surface area contributed by atoms with Gasteiger partial charge in [-0.25, -0.2) is 9.67 Å². The minimum atomic E-state index is 0.784. The maximum atomic E-state index is 4.54. The third-order valence-corrected chi connectivity index (χ3v) is 3.76. The molecule has 0 amide bonds. The van der Waals surface area contributed by atoms with Gasteiger partial charge in [-0.05, 0) is 40.6 Å².